The molecule has 100 valence electrons. The highest BCUT2D eigenvalue weighted by atomic mass is 79.9. The molecule has 0 aromatic heterocycles. The van der Waals surface area contributed by atoms with Crippen LogP contribution in [-0.4, -0.2) is 25.1 Å². The fourth-order valence-corrected chi connectivity index (χ4v) is 1.91. The lowest BCUT2D eigenvalue weighted by Crippen LogP contribution is -2.24. The summed E-state index contributed by atoms with van der Waals surface area (Å²) in [5, 5.41) is 3.32. The summed E-state index contributed by atoms with van der Waals surface area (Å²) in [6.07, 6.45) is 0.933. The van der Waals surface area contributed by atoms with Crippen LogP contribution in [0.25, 0.3) is 0 Å². The second kappa shape index (κ2) is 7.38. The quantitative estimate of drug-likeness (QED) is 0.759. The summed E-state index contributed by atoms with van der Waals surface area (Å²) in [6, 6.07) is 5.57. The molecule has 18 heavy (non-hydrogen) atoms. The van der Waals surface area contributed by atoms with Gasteiger partial charge in [-0.25, -0.2) is 0 Å². The van der Waals surface area contributed by atoms with Gasteiger partial charge in [0, 0.05) is 11.6 Å². The first-order valence-corrected chi connectivity index (χ1v) is 6.75. The standard InChI is InChI=1S/C13H19BrN2O2/c1-9(2)16-6-3-7-18-12-5-4-10(13(15)17)8-11(12)14/h4-5,8-9,16H,3,6-7H2,1-2H3,(H2,15,17). The fourth-order valence-electron chi connectivity index (χ4n) is 1.42. The van der Waals surface area contributed by atoms with E-state index in [0.29, 0.717) is 18.2 Å². The van der Waals surface area contributed by atoms with Crippen LogP contribution >= 0.6 is 15.9 Å². The molecule has 0 aliphatic carbocycles. The Hall–Kier alpha value is -1.07. The van der Waals surface area contributed by atoms with E-state index in [2.05, 4.69) is 35.1 Å². The second-order valence-electron chi connectivity index (χ2n) is 4.32. The number of carbonyl (C=O) groups is 1. The van der Waals surface area contributed by atoms with Gasteiger partial charge in [0.2, 0.25) is 5.91 Å². The number of hydrogen-bond acceptors (Lipinski definition) is 3. The van der Waals surface area contributed by atoms with Crippen molar-refractivity contribution in [1.29, 1.82) is 0 Å². The van der Waals surface area contributed by atoms with Crippen molar-refractivity contribution in [3.63, 3.8) is 0 Å². The number of amides is 1. The molecule has 0 aliphatic heterocycles. The molecule has 1 aromatic rings. The summed E-state index contributed by atoms with van der Waals surface area (Å²) in [7, 11) is 0. The number of primary amides is 1. The summed E-state index contributed by atoms with van der Waals surface area (Å²) in [5.41, 5.74) is 5.66. The van der Waals surface area contributed by atoms with Crippen LogP contribution in [0.1, 0.15) is 30.6 Å². The summed E-state index contributed by atoms with van der Waals surface area (Å²) in [5.74, 6) is 0.285. The molecule has 0 spiro atoms. The lowest BCUT2D eigenvalue weighted by Gasteiger charge is -2.10. The van der Waals surface area contributed by atoms with Crippen LogP contribution in [0.5, 0.6) is 5.75 Å². The molecule has 4 nitrogen and oxygen atoms in total. The summed E-state index contributed by atoms with van der Waals surface area (Å²) in [6.45, 7) is 5.78. The molecule has 1 amide bonds. The Labute approximate surface area is 116 Å². The van der Waals surface area contributed by atoms with Crippen molar-refractivity contribution in [2.45, 2.75) is 26.3 Å². The van der Waals surface area contributed by atoms with E-state index in [9.17, 15) is 4.79 Å². The molecule has 1 aromatic carbocycles. The van der Waals surface area contributed by atoms with Gasteiger partial charge in [-0.1, -0.05) is 13.8 Å². The minimum absolute atomic E-state index is 0.441. The van der Waals surface area contributed by atoms with Crippen LogP contribution in [-0.2, 0) is 0 Å². The Morgan fingerprint density at radius 3 is 2.78 bits per heavy atom. The maximum Gasteiger partial charge on any atom is 0.248 e. The Bertz CT molecular complexity index is 408. The smallest absolute Gasteiger partial charge is 0.248 e. The molecule has 0 bridgehead atoms. The lowest BCUT2D eigenvalue weighted by atomic mass is 10.2. The van der Waals surface area contributed by atoms with Crippen molar-refractivity contribution < 1.29 is 9.53 Å². The first kappa shape index (κ1) is 15.0. The number of ether oxygens (including phenoxy) is 1. The fraction of sp³-hybridized carbons (Fsp3) is 0.462. The maximum absolute atomic E-state index is 11.0. The van der Waals surface area contributed by atoms with E-state index < -0.39 is 5.91 Å². The second-order valence-corrected chi connectivity index (χ2v) is 5.17. The Morgan fingerprint density at radius 2 is 2.22 bits per heavy atom. The zero-order valence-electron chi connectivity index (χ0n) is 10.7. The minimum Gasteiger partial charge on any atom is -0.492 e. The van der Waals surface area contributed by atoms with Crippen LogP contribution in [0.3, 0.4) is 0 Å². The first-order valence-electron chi connectivity index (χ1n) is 5.96. The van der Waals surface area contributed by atoms with Crippen LogP contribution < -0.4 is 15.8 Å². The molecule has 0 radical (unpaired) electrons. The molecule has 0 unspecified atom stereocenters. The summed E-state index contributed by atoms with van der Waals surface area (Å²) in [4.78, 5) is 11.0. The topological polar surface area (TPSA) is 64.3 Å². The van der Waals surface area contributed by atoms with Gasteiger partial charge in [-0.2, -0.15) is 0 Å². The van der Waals surface area contributed by atoms with Crippen molar-refractivity contribution in [2.24, 2.45) is 5.73 Å². The van der Waals surface area contributed by atoms with Gasteiger partial charge in [-0.05, 0) is 47.1 Å². The molecular formula is C13H19BrN2O2. The van der Waals surface area contributed by atoms with Crippen LogP contribution in [0.15, 0.2) is 22.7 Å². The third kappa shape index (κ3) is 5.06. The monoisotopic (exact) mass is 314 g/mol. The first-order chi connectivity index (χ1) is 8.50. The van der Waals surface area contributed by atoms with E-state index in [1.165, 1.54) is 0 Å². The number of nitrogens with two attached hydrogens (primary N) is 1. The Kier molecular flexibility index (Phi) is 6.15. The van der Waals surface area contributed by atoms with E-state index in [1.54, 1.807) is 18.2 Å². The van der Waals surface area contributed by atoms with Crippen molar-refractivity contribution in [1.82, 2.24) is 5.32 Å². The number of rotatable bonds is 7. The SMILES string of the molecule is CC(C)NCCCOc1ccc(C(N)=O)cc1Br. The number of benzene rings is 1. The normalized spacial score (nSPS) is 10.7. The van der Waals surface area contributed by atoms with Crippen molar-refractivity contribution in [2.75, 3.05) is 13.2 Å². The van der Waals surface area contributed by atoms with Gasteiger partial charge in [-0.15, -0.1) is 0 Å². The molecule has 0 fully saturated rings. The van der Waals surface area contributed by atoms with Crippen LogP contribution in [0.4, 0.5) is 0 Å². The number of nitrogens with one attached hydrogen (secondary N) is 1. The third-order valence-corrected chi connectivity index (χ3v) is 2.97. The minimum atomic E-state index is -0.441. The molecule has 0 saturated heterocycles. The van der Waals surface area contributed by atoms with Crippen LogP contribution in [0.2, 0.25) is 0 Å². The van der Waals surface area contributed by atoms with E-state index in [0.717, 1.165) is 23.2 Å². The Balaban J connectivity index is 2.41. The molecular weight excluding hydrogens is 296 g/mol. The number of hydrogen-bond donors (Lipinski definition) is 2. The average molecular weight is 315 g/mol. The van der Waals surface area contributed by atoms with E-state index in [4.69, 9.17) is 10.5 Å². The van der Waals surface area contributed by atoms with Gasteiger partial charge in [0.25, 0.3) is 0 Å². The van der Waals surface area contributed by atoms with Gasteiger partial charge < -0.3 is 15.8 Å². The van der Waals surface area contributed by atoms with Gasteiger partial charge >= 0.3 is 0 Å². The van der Waals surface area contributed by atoms with Gasteiger partial charge in [0.05, 0.1) is 11.1 Å². The maximum atomic E-state index is 11.0. The van der Waals surface area contributed by atoms with Gasteiger partial charge in [-0.3, -0.25) is 4.79 Å². The molecule has 0 heterocycles. The largest absolute Gasteiger partial charge is 0.492 e. The summed E-state index contributed by atoms with van der Waals surface area (Å²) >= 11 is 3.36. The van der Waals surface area contributed by atoms with E-state index >= 15 is 0 Å². The zero-order valence-corrected chi connectivity index (χ0v) is 12.3. The molecule has 1 rings (SSSR count). The number of carbonyl (C=O) groups excluding carboxylic acids is 1. The van der Waals surface area contributed by atoms with Crippen molar-refractivity contribution >= 4 is 21.8 Å². The predicted octanol–water partition coefficient (Wildman–Crippen LogP) is 2.31. The highest BCUT2D eigenvalue weighted by Gasteiger charge is 2.06. The molecule has 0 saturated carbocycles. The van der Waals surface area contributed by atoms with Crippen LogP contribution in [0, 0.1) is 0 Å². The molecule has 5 heteroatoms. The van der Waals surface area contributed by atoms with E-state index in [1.807, 2.05) is 0 Å². The molecule has 0 atom stereocenters. The van der Waals surface area contributed by atoms with Crippen molar-refractivity contribution in [3.8, 4) is 5.75 Å². The average Bonchev–Trinajstić information content (AvgIpc) is 2.29. The third-order valence-electron chi connectivity index (χ3n) is 2.35. The highest BCUT2D eigenvalue weighted by Crippen LogP contribution is 2.25. The van der Waals surface area contributed by atoms with E-state index in [-0.39, 0.29) is 0 Å². The molecule has 3 N–H and O–H groups in total. The lowest BCUT2D eigenvalue weighted by molar-refractivity contribution is 0.1000. The summed E-state index contributed by atoms with van der Waals surface area (Å²) < 4.78 is 6.36. The predicted molar refractivity (Wildman–Crippen MR) is 75.9 cm³/mol. The number of halogens is 1. The Morgan fingerprint density at radius 1 is 1.50 bits per heavy atom. The molecule has 0 aliphatic rings. The highest BCUT2D eigenvalue weighted by molar-refractivity contribution is 9.10. The van der Waals surface area contributed by atoms with Crippen molar-refractivity contribution in [3.05, 3.63) is 28.2 Å². The van der Waals surface area contributed by atoms with Gasteiger partial charge in [0.15, 0.2) is 0 Å². The van der Waals surface area contributed by atoms with Gasteiger partial charge in [0.1, 0.15) is 5.75 Å². The zero-order chi connectivity index (χ0) is 13.5.